The van der Waals surface area contributed by atoms with E-state index in [4.69, 9.17) is 11.6 Å². The third kappa shape index (κ3) is 11.3. The number of benzene rings is 1. The predicted molar refractivity (Wildman–Crippen MR) is 106 cm³/mol. The van der Waals surface area contributed by atoms with Gasteiger partial charge in [0.15, 0.2) is 0 Å². The van der Waals surface area contributed by atoms with Gasteiger partial charge < -0.3 is 12.4 Å². The van der Waals surface area contributed by atoms with Crippen LogP contribution >= 0.6 is 11.6 Å². The zero-order valence-electron chi connectivity index (χ0n) is 15.8. The Hall–Kier alpha value is -0.240. The first-order valence-corrected chi connectivity index (χ1v) is 10.1. The number of quaternary nitrogens is 1. The van der Waals surface area contributed by atoms with Gasteiger partial charge in [0, 0.05) is 5.88 Å². The van der Waals surface area contributed by atoms with Crippen molar-refractivity contribution in [3.63, 3.8) is 0 Å². The summed E-state index contributed by atoms with van der Waals surface area (Å²) in [4.78, 5) is 0. The van der Waals surface area contributed by atoms with Crippen molar-refractivity contribution >= 4 is 17.3 Å². The van der Waals surface area contributed by atoms with E-state index in [9.17, 15) is 0 Å². The molecule has 0 amide bonds. The van der Waals surface area contributed by atoms with E-state index in [1.54, 1.807) is 0 Å². The summed E-state index contributed by atoms with van der Waals surface area (Å²) >= 11 is 5.69. The highest BCUT2D eigenvalue weighted by atomic mass is 35.5. The lowest BCUT2D eigenvalue weighted by atomic mass is 10.1. The summed E-state index contributed by atoms with van der Waals surface area (Å²) in [5.74, 6) is 0.833. The minimum Gasteiger partial charge on any atom is -1.00 e. The number of hydrogen-bond acceptors (Lipinski definition) is 0. The number of rotatable bonds is 14. The first-order chi connectivity index (χ1) is 11.2. The van der Waals surface area contributed by atoms with E-state index >= 15 is 0 Å². The second-order valence-electron chi connectivity index (χ2n) is 7.32. The molecule has 1 nitrogen and oxygen atoms in total. The van der Waals surface area contributed by atoms with Gasteiger partial charge >= 0.3 is 0 Å². The molecule has 1 rings (SSSR count). The van der Waals surface area contributed by atoms with Gasteiger partial charge in [0.25, 0.3) is 0 Å². The molecule has 24 heavy (non-hydrogen) atoms. The molecule has 0 saturated heterocycles. The highest BCUT2D eigenvalue weighted by Crippen LogP contribution is 2.19. The Labute approximate surface area is 161 Å². The second kappa shape index (κ2) is 15.0. The smallest absolute Gasteiger partial charge is 0.132 e. The lowest BCUT2D eigenvalue weighted by Crippen LogP contribution is -3.00. The van der Waals surface area contributed by atoms with Gasteiger partial charge in [-0.1, -0.05) is 69.6 Å². The highest BCUT2D eigenvalue weighted by Gasteiger charge is 2.17. The Morgan fingerprint density at radius 1 is 0.667 bits per heavy atom. The first kappa shape index (κ1) is 23.8. The highest BCUT2D eigenvalue weighted by molar-refractivity contribution is 6.17. The number of hydrogen-bond donors (Lipinski definition) is 0. The van der Waals surface area contributed by atoms with Crippen molar-refractivity contribution in [3.05, 3.63) is 30.3 Å². The van der Waals surface area contributed by atoms with E-state index in [-0.39, 0.29) is 12.4 Å². The van der Waals surface area contributed by atoms with Crippen LogP contribution in [0.4, 0.5) is 5.69 Å². The molecule has 1 aromatic carbocycles. The zero-order chi connectivity index (χ0) is 16.8. The van der Waals surface area contributed by atoms with Crippen molar-refractivity contribution in [2.45, 2.75) is 70.6 Å². The third-order valence-electron chi connectivity index (χ3n) is 4.81. The number of alkyl halides is 1. The molecular weight excluding hydrogens is 337 g/mol. The second-order valence-corrected chi connectivity index (χ2v) is 7.70. The topological polar surface area (TPSA) is 0 Å². The van der Waals surface area contributed by atoms with Crippen LogP contribution in [0.1, 0.15) is 70.6 Å². The molecule has 3 heteroatoms. The van der Waals surface area contributed by atoms with Crippen LogP contribution in [0.25, 0.3) is 0 Å². The SMILES string of the molecule is C[N+](C)(CCCCCCCCCCCCCCl)c1ccccc1.[Cl-]. The molecule has 0 N–H and O–H groups in total. The van der Waals surface area contributed by atoms with Gasteiger partial charge in [-0.05, 0) is 31.4 Å². The van der Waals surface area contributed by atoms with Crippen molar-refractivity contribution in [2.24, 2.45) is 0 Å². The zero-order valence-corrected chi connectivity index (χ0v) is 17.3. The Balaban J connectivity index is 0.00000529. The van der Waals surface area contributed by atoms with Gasteiger partial charge in [-0.3, -0.25) is 4.48 Å². The first-order valence-electron chi connectivity index (χ1n) is 9.61. The van der Waals surface area contributed by atoms with E-state index in [0.717, 1.165) is 10.4 Å². The molecule has 0 aliphatic rings. The molecule has 0 aliphatic heterocycles. The standard InChI is InChI=1S/C21H37ClN.ClH/c1-23(2,21-17-13-12-14-18-21)20-16-11-9-7-5-3-4-6-8-10-15-19-22;/h12-14,17-18H,3-11,15-16,19-20H2,1-2H3;1H/q+1;/p-1. The molecule has 0 aromatic heterocycles. The van der Waals surface area contributed by atoms with E-state index in [2.05, 4.69) is 44.4 Å². The summed E-state index contributed by atoms with van der Waals surface area (Å²) in [6, 6.07) is 10.9. The fourth-order valence-electron chi connectivity index (χ4n) is 3.15. The van der Waals surface area contributed by atoms with Crippen LogP contribution in [-0.2, 0) is 0 Å². The monoisotopic (exact) mass is 373 g/mol. The number of halogens is 2. The summed E-state index contributed by atoms with van der Waals surface area (Å²) in [7, 11) is 4.64. The van der Waals surface area contributed by atoms with Gasteiger partial charge in [0.05, 0.1) is 20.6 Å². The molecule has 1 aromatic rings. The van der Waals surface area contributed by atoms with Crippen LogP contribution < -0.4 is 16.9 Å². The molecule has 0 aliphatic carbocycles. The molecule has 0 radical (unpaired) electrons. The van der Waals surface area contributed by atoms with Crippen molar-refractivity contribution in [1.29, 1.82) is 0 Å². The van der Waals surface area contributed by atoms with Gasteiger partial charge in [-0.25, -0.2) is 0 Å². The normalized spacial score (nSPS) is 11.3. The summed E-state index contributed by atoms with van der Waals surface area (Å²) in [6.07, 6.45) is 15.1. The Bertz CT molecular complexity index is 379. The lowest BCUT2D eigenvalue weighted by Gasteiger charge is -2.29. The van der Waals surface area contributed by atoms with Gasteiger partial charge in [-0.15, -0.1) is 11.6 Å². The van der Waals surface area contributed by atoms with Gasteiger partial charge in [-0.2, -0.15) is 0 Å². The molecule has 0 fully saturated rings. The summed E-state index contributed by atoms with van der Waals surface area (Å²) in [5.41, 5.74) is 1.42. The Morgan fingerprint density at radius 2 is 1.08 bits per heavy atom. The van der Waals surface area contributed by atoms with E-state index in [1.165, 1.54) is 82.9 Å². The molecular formula is C21H37Cl2N. The van der Waals surface area contributed by atoms with E-state index in [1.807, 2.05) is 0 Å². The summed E-state index contributed by atoms with van der Waals surface area (Å²) in [5, 5.41) is 0. The minimum atomic E-state index is 0. The van der Waals surface area contributed by atoms with Crippen LogP contribution in [0, 0.1) is 0 Å². The van der Waals surface area contributed by atoms with Crippen LogP contribution in [0.15, 0.2) is 30.3 Å². The average Bonchev–Trinajstić information content (AvgIpc) is 2.56. The maximum atomic E-state index is 5.69. The Morgan fingerprint density at radius 3 is 1.54 bits per heavy atom. The van der Waals surface area contributed by atoms with Crippen molar-refractivity contribution in [3.8, 4) is 0 Å². The molecule has 0 heterocycles. The van der Waals surface area contributed by atoms with E-state index < -0.39 is 0 Å². The van der Waals surface area contributed by atoms with Crippen molar-refractivity contribution < 1.29 is 12.4 Å². The minimum absolute atomic E-state index is 0. The van der Waals surface area contributed by atoms with Crippen LogP contribution in [0.2, 0.25) is 0 Å². The number of unbranched alkanes of at least 4 members (excludes halogenated alkanes) is 10. The number of nitrogens with zero attached hydrogens (tertiary/aromatic N) is 1. The fourth-order valence-corrected chi connectivity index (χ4v) is 3.34. The summed E-state index contributed by atoms with van der Waals surface area (Å²) < 4.78 is 1.00. The van der Waals surface area contributed by atoms with Crippen LogP contribution in [0.5, 0.6) is 0 Å². The van der Waals surface area contributed by atoms with Crippen molar-refractivity contribution in [2.75, 3.05) is 26.5 Å². The predicted octanol–water partition coefficient (Wildman–Crippen LogP) is 3.79. The lowest BCUT2D eigenvalue weighted by molar-refractivity contribution is -0.00000501. The molecule has 140 valence electrons. The van der Waals surface area contributed by atoms with Gasteiger partial charge in [0.2, 0.25) is 0 Å². The largest absolute Gasteiger partial charge is 1.00 e. The maximum Gasteiger partial charge on any atom is 0.132 e. The third-order valence-corrected chi connectivity index (χ3v) is 5.07. The average molecular weight is 374 g/mol. The van der Waals surface area contributed by atoms with E-state index in [0.29, 0.717) is 0 Å². The summed E-state index contributed by atoms with van der Waals surface area (Å²) in [6.45, 7) is 1.24. The number of para-hydroxylation sites is 1. The molecule has 0 saturated carbocycles. The molecule has 0 unspecified atom stereocenters. The van der Waals surface area contributed by atoms with Crippen molar-refractivity contribution in [1.82, 2.24) is 4.48 Å². The van der Waals surface area contributed by atoms with Crippen LogP contribution in [0.3, 0.4) is 0 Å². The molecule has 0 bridgehead atoms. The Kier molecular flexibility index (Phi) is 14.9. The van der Waals surface area contributed by atoms with Crippen LogP contribution in [-0.4, -0.2) is 26.5 Å². The van der Waals surface area contributed by atoms with Gasteiger partial charge in [0.1, 0.15) is 5.69 Å². The molecule has 0 atom stereocenters. The molecule has 0 spiro atoms. The fraction of sp³-hybridized carbons (Fsp3) is 0.714. The maximum absolute atomic E-state index is 5.69. The quantitative estimate of drug-likeness (QED) is 0.264.